The summed E-state index contributed by atoms with van der Waals surface area (Å²) in [5.74, 6) is 0. The van der Waals surface area contributed by atoms with E-state index in [9.17, 15) is 5.11 Å². The molecule has 1 aromatic heterocycles. The summed E-state index contributed by atoms with van der Waals surface area (Å²) in [6, 6.07) is 0. The van der Waals surface area contributed by atoms with Crippen LogP contribution in [0.5, 0.6) is 0 Å². The molecule has 0 aliphatic carbocycles. The van der Waals surface area contributed by atoms with E-state index in [1.807, 2.05) is 21.0 Å². The molecule has 1 unspecified atom stereocenters. The van der Waals surface area contributed by atoms with Crippen LogP contribution in [0.4, 0.5) is 0 Å². The zero-order chi connectivity index (χ0) is 12.1. The fourth-order valence-corrected chi connectivity index (χ4v) is 1.48. The van der Waals surface area contributed by atoms with E-state index in [1.165, 1.54) is 0 Å². The van der Waals surface area contributed by atoms with E-state index in [1.54, 1.807) is 11.8 Å². The molecule has 16 heavy (non-hydrogen) atoms. The Morgan fingerprint density at radius 3 is 2.69 bits per heavy atom. The normalized spacial score (nSPS) is 13.4. The lowest BCUT2D eigenvalue weighted by atomic mass is 10.2. The minimum atomic E-state index is -0.112. The van der Waals surface area contributed by atoms with E-state index >= 15 is 0 Å². The molecule has 0 fully saturated rings. The van der Waals surface area contributed by atoms with Gasteiger partial charge in [0.25, 0.3) is 0 Å². The average molecular weight is 228 g/mol. The van der Waals surface area contributed by atoms with E-state index in [0.717, 1.165) is 18.8 Å². The maximum atomic E-state index is 9.17. The zero-order valence-corrected chi connectivity index (χ0v) is 10.3. The van der Waals surface area contributed by atoms with Gasteiger partial charge in [-0.25, -0.2) is 4.68 Å². The van der Waals surface area contributed by atoms with Crippen LogP contribution < -0.4 is 0 Å². The standard InChI is InChI=1S/C10H20N4O2/c1-8(16-4)10-9(7-15)11-12-14(10)6-5-13(2)3/h8,15H,5-7H2,1-4H3. The molecule has 0 aliphatic rings. The Labute approximate surface area is 95.8 Å². The summed E-state index contributed by atoms with van der Waals surface area (Å²) in [6.45, 7) is 3.43. The predicted molar refractivity (Wildman–Crippen MR) is 59.9 cm³/mol. The molecule has 6 nitrogen and oxygen atoms in total. The van der Waals surface area contributed by atoms with Gasteiger partial charge in [-0.15, -0.1) is 5.10 Å². The first-order chi connectivity index (χ1) is 7.60. The van der Waals surface area contributed by atoms with Crippen molar-refractivity contribution >= 4 is 0 Å². The van der Waals surface area contributed by atoms with Gasteiger partial charge in [-0.05, 0) is 21.0 Å². The highest BCUT2D eigenvalue weighted by Crippen LogP contribution is 2.18. The second-order valence-corrected chi connectivity index (χ2v) is 3.98. The van der Waals surface area contributed by atoms with Gasteiger partial charge in [0.15, 0.2) is 0 Å². The highest BCUT2D eigenvalue weighted by molar-refractivity contribution is 5.12. The molecule has 92 valence electrons. The van der Waals surface area contributed by atoms with Crippen LogP contribution in [0.3, 0.4) is 0 Å². The van der Waals surface area contributed by atoms with Gasteiger partial charge in [-0.2, -0.15) is 0 Å². The van der Waals surface area contributed by atoms with Crippen LogP contribution in [0, 0.1) is 0 Å². The fourth-order valence-electron chi connectivity index (χ4n) is 1.48. The van der Waals surface area contributed by atoms with E-state index < -0.39 is 0 Å². The maximum Gasteiger partial charge on any atom is 0.114 e. The molecule has 0 bridgehead atoms. The van der Waals surface area contributed by atoms with Gasteiger partial charge in [-0.1, -0.05) is 5.21 Å². The second-order valence-electron chi connectivity index (χ2n) is 3.98. The van der Waals surface area contributed by atoms with Crippen molar-refractivity contribution < 1.29 is 9.84 Å². The Balaban J connectivity index is 2.86. The van der Waals surface area contributed by atoms with Crippen molar-refractivity contribution in [3.8, 4) is 0 Å². The van der Waals surface area contributed by atoms with Crippen molar-refractivity contribution in [2.45, 2.75) is 26.2 Å². The van der Waals surface area contributed by atoms with Crippen LogP contribution in [-0.2, 0) is 17.9 Å². The third-order valence-corrected chi connectivity index (χ3v) is 2.49. The summed E-state index contributed by atoms with van der Waals surface area (Å²) >= 11 is 0. The Bertz CT molecular complexity index is 325. The average Bonchev–Trinajstić information content (AvgIpc) is 2.68. The number of nitrogens with zero attached hydrogens (tertiary/aromatic N) is 4. The number of ether oxygens (including phenoxy) is 1. The van der Waals surface area contributed by atoms with E-state index in [0.29, 0.717) is 5.69 Å². The molecule has 1 rings (SSSR count). The van der Waals surface area contributed by atoms with Crippen LogP contribution in [0.1, 0.15) is 24.4 Å². The molecule has 0 aromatic carbocycles. The highest BCUT2D eigenvalue weighted by Gasteiger charge is 2.18. The first-order valence-corrected chi connectivity index (χ1v) is 5.30. The van der Waals surface area contributed by atoms with Gasteiger partial charge in [0, 0.05) is 13.7 Å². The van der Waals surface area contributed by atoms with Gasteiger partial charge < -0.3 is 14.7 Å². The van der Waals surface area contributed by atoms with Crippen molar-refractivity contribution in [2.24, 2.45) is 0 Å². The summed E-state index contributed by atoms with van der Waals surface area (Å²) in [5, 5.41) is 17.1. The first-order valence-electron chi connectivity index (χ1n) is 5.30. The molecule has 0 radical (unpaired) electrons. The van der Waals surface area contributed by atoms with Crippen LogP contribution >= 0.6 is 0 Å². The largest absolute Gasteiger partial charge is 0.390 e. The predicted octanol–water partition coefficient (Wildman–Crippen LogP) is 0.0394. The van der Waals surface area contributed by atoms with Crippen molar-refractivity contribution in [1.82, 2.24) is 19.9 Å². The molecule has 1 aromatic rings. The van der Waals surface area contributed by atoms with Crippen LogP contribution in [0.2, 0.25) is 0 Å². The summed E-state index contributed by atoms with van der Waals surface area (Å²) < 4.78 is 7.05. The second kappa shape index (κ2) is 5.93. The fraction of sp³-hybridized carbons (Fsp3) is 0.800. The Hall–Kier alpha value is -0.980. The van der Waals surface area contributed by atoms with Crippen molar-refractivity contribution in [2.75, 3.05) is 27.7 Å². The molecule has 0 aliphatic heterocycles. The lowest BCUT2D eigenvalue weighted by molar-refractivity contribution is 0.108. The molecule has 0 amide bonds. The van der Waals surface area contributed by atoms with Gasteiger partial charge in [0.05, 0.1) is 24.9 Å². The zero-order valence-electron chi connectivity index (χ0n) is 10.3. The van der Waals surface area contributed by atoms with Gasteiger partial charge >= 0.3 is 0 Å². The minimum absolute atomic E-state index is 0.106. The van der Waals surface area contributed by atoms with Gasteiger partial charge in [0.1, 0.15) is 5.69 Å². The summed E-state index contributed by atoms with van der Waals surface area (Å²) in [4.78, 5) is 2.07. The number of rotatable bonds is 6. The number of methoxy groups -OCH3 is 1. The van der Waals surface area contributed by atoms with Crippen LogP contribution in [0.25, 0.3) is 0 Å². The maximum absolute atomic E-state index is 9.17. The lowest BCUT2D eigenvalue weighted by Crippen LogP contribution is -2.21. The minimum Gasteiger partial charge on any atom is -0.390 e. The molecular formula is C10H20N4O2. The molecule has 1 N–H and O–H groups in total. The first kappa shape index (κ1) is 13.1. The summed E-state index contributed by atoms with van der Waals surface area (Å²) in [7, 11) is 5.64. The quantitative estimate of drug-likeness (QED) is 0.745. The smallest absolute Gasteiger partial charge is 0.114 e. The Kier molecular flexibility index (Phi) is 4.85. The number of likely N-dealkylation sites (N-methyl/N-ethyl adjacent to an activating group) is 1. The van der Waals surface area contributed by atoms with Crippen molar-refractivity contribution in [1.29, 1.82) is 0 Å². The Morgan fingerprint density at radius 2 is 2.19 bits per heavy atom. The number of hydrogen-bond donors (Lipinski definition) is 1. The monoisotopic (exact) mass is 228 g/mol. The Morgan fingerprint density at radius 1 is 1.50 bits per heavy atom. The highest BCUT2D eigenvalue weighted by atomic mass is 16.5. The molecular weight excluding hydrogens is 208 g/mol. The molecule has 1 atom stereocenters. The third kappa shape index (κ3) is 3.01. The van der Waals surface area contributed by atoms with E-state index in [-0.39, 0.29) is 12.7 Å². The van der Waals surface area contributed by atoms with Gasteiger partial charge in [-0.3, -0.25) is 0 Å². The van der Waals surface area contributed by atoms with Gasteiger partial charge in [0.2, 0.25) is 0 Å². The third-order valence-electron chi connectivity index (χ3n) is 2.49. The number of aromatic nitrogens is 3. The number of aliphatic hydroxyl groups is 1. The molecule has 0 saturated carbocycles. The topological polar surface area (TPSA) is 63.4 Å². The number of hydrogen-bond acceptors (Lipinski definition) is 5. The molecule has 1 heterocycles. The van der Waals surface area contributed by atoms with Crippen molar-refractivity contribution in [3.05, 3.63) is 11.4 Å². The molecule has 0 saturated heterocycles. The van der Waals surface area contributed by atoms with E-state index in [2.05, 4.69) is 15.2 Å². The lowest BCUT2D eigenvalue weighted by Gasteiger charge is -2.15. The summed E-state index contributed by atoms with van der Waals surface area (Å²) in [5.41, 5.74) is 1.44. The van der Waals surface area contributed by atoms with Crippen molar-refractivity contribution in [3.63, 3.8) is 0 Å². The number of aliphatic hydroxyl groups excluding tert-OH is 1. The van der Waals surface area contributed by atoms with Crippen LogP contribution in [-0.4, -0.2) is 52.8 Å². The SMILES string of the molecule is COC(C)c1c(CO)nnn1CCN(C)C. The van der Waals surface area contributed by atoms with Crippen LogP contribution in [0.15, 0.2) is 0 Å². The molecule has 0 spiro atoms. The summed E-state index contributed by atoms with van der Waals surface area (Å²) in [6.07, 6.45) is -0.112. The van der Waals surface area contributed by atoms with E-state index in [4.69, 9.17) is 4.74 Å². The molecule has 6 heteroatoms.